The zero-order valence-corrected chi connectivity index (χ0v) is 11.2. The highest BCUT2D eigenvalue weighted by Gasteiger charge is 2.40. The fraction of sp³-hybridized carbons (Fsp3) is 0.833. The number of ether oxygens (including phenoxy) is 2. The number of amides is 1. The smallest absolute Gasteiger partial charge is 0.328 e. The zero-order valence-electron chi connectivity index (χ0n) is 11.2. The molecule has 104 valence electrons. The van der Waals surface area contributed by atoms with Crippen molar-refractivity contribution in [3.8, 4) is 0 Å². The summed E-state index contributed by atoms with van der Waals surface area (Å²) in [5.74, 6) is -0.803. The zero-order chi connectivity index (χ0) is 13.8. The van der Waals surface area contributed by atoms with Crippen molar-refractivity contribution >= 4 is 11.9 Å². The van der Waals surface area contributed by atoms with Crippen molar-refractivity contribution in [3.63, 3.8) is 0 Å². The van der Waals surface area contributed by atoms with Gasteiger partial charge in [0.2, 0.25) is 5.91 Å². The quantitative estimate of drug-likeness (QED) is 0.667. The van der Waals surface area contributed by atoms with E-state index in [2.05, 4.69) is 5.32 Å². The van der Waals surface area contributed by atoms with Crippen LogP contribution < -0.4 is 11.1 Å². The molecule has 3 N–H and O–H groups in total. The normalized spacial score (nSPS) is 26.4. The second-order valence-electron chi connectivity index (χ2n) is 4.82. The van der Waals surface area contributed by atoms with Crippen LogP contribution in [0, 0.1) is 5.92 Å². The minimum atomic E-state index is -1.03. The summed E-state index contributed by atoms with van der Waals surface area (Å²) in [4.78, 5) is 23.8. The van der Waals surface area contributed by atoms with E-state index >= 15 is 0 Å². The molecule has 6 heteroatoms. The molecule has 3 atom stereocenters. The Bertz CT molecular complexity index is 313. The average Bonchev–Trinajstić information content (AvgIpc) is 2.82. The van der Waals surface area contributed by atoms with Crippen molar-refractivity contribution in [2.45, 2.75) is 38.3 Å². The Hall–Kier alpha value is -1.14. The van der Waals surface area contributed by atoms with Gasteiger partial charge in [-0.15, -0.1) is 0 Å². The Morgan fingerprint density at radius 1 is 1.56 bits per heavy atom. The van der Waals surface area contributed by atoms with Crippen LogP contribution in [0.15, 0.2) is 0 Å². The molecule has 0 saturated carbocycles. The van der Waals surface area contributed by atoms with Crippen molar-refractivity contribution in [2.75, 3.05) is 20.3 Å². The van der Waals surface area contributed by atoms with Gasteiger partial charge in [0.25, 0.3) is 0 Å². The molecule has 18 heavy (non-hydrogen) atoms. The van der Waals surface area contributed by atoms with Crippen molar-refractivity contribution in [3.05, 3.63) is 0 Å². The van der Waals surface area contributed by atoms with Gasteiger partial charge in [-0.1, -0.05) is 20.3 Å². The number of hydrogen-bond acceptors (Lipinski definition) is 5. The standard InChI is InChI=1S/C12H22N2O4/c1-4-8(2)9(10(15)17-3)14-11(16)12(13)5-6-18-7-12/h8-9H,4-7,13H2,1-3H3,(H,14,16). The fourth-order valence-corrected chi connectivity index (χ4v) is 1.84. The fourth-order valence-electron chi connectivity index (χ4n) is 1.84. The molecule has 1 aliphatic rings. The van der Waals surface area contributed by atoms with E-state index in [4.69, 9.17) is 15.2 Å². The molecule has 6 nitrogen and oxygen atoms in total. The van der Waals surface area contributed by atoms with Crippen LogP contribution in [0.5, 0.6) is 0 Å². The molecule has 1 aliphatic heterocycles. The molecule has 1 heterocycles. The minimum absolute atomic E-state index is 0.00711. The van der Waals surface area contributed by atoms with E-state index in [1.54, 1.807) is 0 Å². The highest BCUT2D eigenvalue weighted by atomic mass is 16.5. The molecule has 0 radical (unpaired) electrons. The Kier molecular flexibility index (Phi) is 5.10. The van der Waals surface area contributed by atoms with Gasteiger partial charge in [-0.05, 0) is 12.3 Å². The summed E-state index contributed by atoms with van der Waals surface area (Å²) in [6.07, 6.45) is 1.22. The second kappa shape index (κ2) is 6.15. The van der Waals surface area contributed by atoms with E-state index in [1.165, 1.54) is 7.11 Å². The average molecular weight is 258 g/mol. The van der Waals surface area contributed by atoms with Crippen molar-refractivity contribution in [2.24, 2.45) is 11.7 Å². The number of carbonyl (C=O) groups excluding carboxylic acids is 2. The highest BCUT2D eigenvalue weighted by Crippen LogP contribution is 2.17. The lowest BCUT2D eigenvalue weighted by atomic mass is 9.95. The summed E-state index contributed by atoms with van der Waals surface area (Å²) in [5, 5.41) is 2.68. The third-order valence-corrected chi connectivity index (χ3v) is 3.46. The summed E-state index contributed by atoms with van der Waals surface area (Å²) in [7, 11) is 1.31. The van der Waals surface area contributed by atoms with Crippen LogP contribution in [0.25, 0.3) is 0 Å². The van der Waals surface area contributed by atoms with Gasteiger partial charge in [-0.3, -0.25) is 4.79 Å². The van der Waals surface area contributed by atoms with Crippen molar-refractivity contribution in [1.29, 1.82) is 0 Å². The number of nitrogens with two attached hydrogens (primary N) is 1. The molecule has 1 rings (SSSR count). The molecule has 1 saturated heterocycles. The predicted molar refractivity (Wildman–Crippen MR) is 65.8 cm³/mol. The third kappa shape index (κ3) is 3.20. The number of esters is 1. The number of rotatable bonds is 5. The largest absolute Gasteiger partial charge is 0.467 e. The lowest BCUT2D eigenvalue weighted by molar-refractivity contribution is -0.147. The Labute approximate surface area is 107 Å². The summed E-state index contributed by atoms with van der Waals surface area (Å²) in [6, 6.07) is -0.659. The molecule has 3 unspecified atom stereocenters. The highest BCUT2D eigenvalue weighted by molar-refractivity contribution is 5.90. The number of nitrogens with one attached hydrogen (secondary N) is 1. The van der Waals surface area contributed by atoms with Crippen LogP contribution in [-0.2, 0) is 19.1 Å². The maximum atomic E-state index is 12.1. The molecule has 1 amide bonds. The van der Waals surface area contributed by atoms with Gasteiger partial charge >= 0.3 is 5.97 Å². The SMILES string of the molecule is CCC(C)C(NC(=O)C1(N)CCOC1)C(=O)OC. The van der Waals surface area contributed by atoms with Crippen LogP contribution >= 0.6 is 0 Å². The van der Waals surface area contributed by atoms with Crippen LogP contribution in [0.2, 0.25) is 0 Å². The molecular weight excluding hydrogens is 236 g/mol. The van der Waals surface area contributed by atoms with E-state index in [0.717, 1.165) is 6.42 Å². The molecule has 0 bridgehead atoms. The van der Waals surface area contributed by atoms with Crippen LogP contribution in [0.1, 0.15) is 26.7 Å². The number of hydrogen-bond donors (Lipinski definition) is 2. The Morgan fingerprint density at radius 3 is 2.67 bits per heavy atom. The van der Waals surface area contributed by atoms with Gasteiger partial charge in [-0.2, -0.15) is 0 Å². The topological polar surface area (TPSA) is 90.7 Å². The van der Waals surface area contributed by atoms with Gasteiger partial charge in [-0.25, -0.2) is 4.79 Å². The summed E-state index contributed by atoms with van der Waals surface area (Å²) >= 11 is 0. The lowest BCUT2D eigenvalue weighted by Gasteiger charge is -2.27. The van der Waals surface area contributed by atoms with Gasteiger partial charge in [0, 0.05) is 6.61 Å². The summed E-state index contributed by atoms with van der Waals surface area (Å²) in [5.41, 5.74) is 4.92. The van der Waals surface area contributed by atoms with Crippen molar-refractivity contribution in [1.82, 2.24) is 5.32 Å². The first-order valence-corrected chi connectivity index (χ1v) is 6.20. The molecule has 1 fully saturated rings. The molecule has 0 aromatic carbocycles. The van der Waals surface area contributed by atoms with Crippen LogP contribution in [0.3, 0.4) is 0 Å². The number of methoxy groups -OCH3 is 1. The maximum absolute atomic E-state index is 12.1. The number of carbonyl (C=O) groups is 2. The van der Waals surface area contributed by atoms with E-state index in [-0.39, 0.29) is 18.4 Å². The van der Waals surface area contributed by atoms with E-state index in [9.17, 15) is 9.59 Å². The Morgan fingerprint density at radius 2 is 2.22 bits per heavy atom. The maximum Gasteiger partial charge on any atom is 0.328 e. The molecule has 0 aromatic rings. The van der Waals surface area contributed by atoms with E-state index in [0.29, 0.717) is 13.0 Å². The van der Waals surface area contributed by atoms with E-state index in [1.807, 2.05) is 13.8 Å². The molecule has 0 aromatic heterocycles. The third-order valence-electron chi connectivity index (χ3n) is 3.46. The van der Waals surface area contributed by atoms with Gasteiger partial charge in [0.05, 0.1) is 13.7 Å². The Balaban J connectivity index is 2.71. The van der Waals surface area contributed by atoms with E-state index < -0.39 is 17.6 Å². The molecule has 0 spiro atoms. The van der Waals surface area contributed by atoms with Crippen molar-refractivity contribution < 1.29 is 19.1 Å². The summed E-state index contributed by atoms with van der Waals surface area (Å²) < 4.78 is 9.84. The predicted octanol–water partition coefficient (Wildman–Crippen LogP) is -0.192. The lowest BCUT2D eigenvalue weighted by Crippen LogP contribution is -2.59. The van der Waals surface area contributed by atoms with Gasteiger partial charge in [0.1, 0.15) is 11.6 Å². The molecule has 0 aliphatic carbocycles. The van der Waals surface area contributed by atoms with Gasteiger partial charge < -0.3 is 20.5 Å². The first kappa shape index (κ1) is 14.9. The van der Waals surface area contributed by atoms with Crippen LogP contribution in [-0.4, -0.2) is 43.8 Å². The monoisotopic (exact) mass is 258 g/mol. The first-order chi connectivity index (χ1) is 8.44. The van der Waals surface area contributed by atoms with Crippen LogP contribution in [0.4, 0.5) is 0 Å². The molecular formula is C12H22N2O4. The summed E-state index contributed by atoms with van der Waals surface area (Å²) in [6.45, 7) is 4.49. The first-order valence-electron chi connectivity index (χ1n) is 6.20. The van der Waals surface area contributed by atoms with Gasteiger partial charge in [0.15, 0.2) is 0 Å². The minimum Gasteiger partial charge on any atom is -0.467 e. The second-order valence-corrected chi connectivity index (χ2v) is 4.82.